The van der Waals surface area contributed by atoms with Gasteiger partial charge in [0, 0.05) is 17.6 Å². The maximum absolute atomic E-state index is 12.9. The maximum Gasteiger partial charge on any atom is 0.123 e. The molecule has 0 aliphatic heterocycles. The van der Waals surface area contributed by atoms with Crippen LogP contribution >= 0.6 is 0 Å². The Kier molecular flexibility index (Phi) is 3.79. The molecule has 106 valence electrons. The molecule has 1 atom stereocenters. The molecule has 0 saturated heterocycles. The van der Waals surface area contributed by atoms with E-state index >= 15 is 0 Å². The third-order valence-corrected chi connectivity index (χ3v) is 3.31. The summed E-state index contributed by atoms with van der Waals surface area (Å²) in [7, 11) is 0. The summed E-state index contributed by atoms with van der Waals surface area (Å²) in [4.78, 5) is 4.28. The van der Waals surface area contributed by atoms with Gasteiger partial charge in [-0.25, -0.2) is 4.39 Å². The molecular formula is C17H15FN2O. The zero-order valence-corrected chi connectivity index (χ0v) is 11.4. The van der Waals surface area contributed by atoms with Crippen molar-refractivity contribution in [1.82, 2.24) is 4.98 Å². The largest absolute Gasteiger partial charge is 0.492 e. The average Bonchev–Trinajstić information content (AvgIpc) is 2.53. The molecule has 0 saturated carbocycles. The van der Waals surface area contributed by atoms with E-state index in [2.05, 4.69) is 4.98 Å². The molecule has 0 aliphatic rings. The summed E-state index contributed by atoms with van der Waals surface area (Å²) >= 11 is 0. The highest BCUT2D eigenvalue weighted by atomic mass is 19.1. The van der Waals surface area contributed by atoms with Crippen LogP contribution in [-0.2, 0) is 0 Å². The van der Waals surface area contributed by atoms with Gasteiger partial charge in [-0.05, 0) is 35.9 Å². The SMILES string of the molecule is NC(COc1ccc2cccnc2c1)c1ccc(F)cc1. The molecule has 1 heterocycles. The number of nitrogens with two attached hydrogens (primary N) is 1. The van der Waals surface area contributed by atoms with Gasteiger partial charge in [0.15, 0.2) is 0 Å². The minimum absolute atomic E-state index is 0.271. The molecule has 0 radical (unpaired) electrons. The molecule has 0 amide bonds. The number of ether oxygens (including phenoxy) is 1. The number of aromatic nitrogens is 1. The number of pyridine rings is 1. The smallest absolute Gasteiger partial charge is 0.123 e. The lowest BCUT2D eigenvalue weighted by molar-refractivity contribution is 0.291. The van der Waals surface area contributed by atoms with Crippen LogP contribution < -0.4 is 10.5 Å². The van der Waals surface area contributed by atoms with E-state index in [0.29, 0.717) is 6.61 Å². The van der Waals surface area contributed by atoms with E-state index in [9.17, 15) is 4.39 Å². The lowest BCUT2D eigenvalue weighted by Gasteiger charge is -2.14. The summed E-state index contributed by atoms with van der Waals surface area (Å²) in [6.45, 7) is 0.323. The molecule has 0 bridgehead atoms. The number of benzene rings is 2. The van der Waals surface area contributed by atoms with E-state index in [-0.39, 0.29) is 11.9 Å². The van der Waals surface area contributed by atoms with Crippen molar-refractivity contribution in [2.75, 3.05) is 6.61 Å². The average molecular weight is 282 g/mol. The van der Waals surface area contributed by atoms with Crippen LogP contribution in [0.25, 0.3) is 10.9 Å². The number of nitrogens with zero attached hydrogens (tertiary/aromatic N) is 1. The van der Waals surface area contributed by atoms with Crippen LogP contribution in [0.1, 0.15) is 11.6 Å². The predicted molar refractivity (Wildman–Crippen MR) is 80.6 cm³/mol. The van der Waals surface area contributed by atoms with Crippen molar-refractivity contribution in [3.8, 4) is 5.75 Å². The molecule has 3 aromatic rings. The molecule has 3 nitrogen and oxygen atoms in total. The zero-order chi connectivity index (χ0) is 14.7. The van der Waals surface area contributed by atoms with Crippen LogP contribution in [0.4, 0.5) is 4.39 Å². The van der Waals surface area contributed by atoms with Crippen LogP contribution in [0.3, 0.4) is 0 Å². The number of rotatable bonds is 4. The second-order valence-electron chi connectivity index (χ2n) is 4.83. The molecule has 2 N–H and O–H groups in total. The van der Waals surface area contributed by atoms with Crippen molar-refractivity contribution < 1.29 is 9.13 Å². The van der Waals surface area contributed by atoms with Gasteiger partial charge < -0.3 is 10.5 Å². The molecular weight excluding hydrogens is 267 g/mol. The fourth-order valence-electron chi connectivity index (χ4n) is 2.13. The Morgan fingerprint density at radius 1 is 1.10 bits per heavy atom. The highest BCUT2D eigenvalue weighted by Gasteiger charge is 2.07. The maximum atomic E-state index is 12.9. The van der Waals surface area contributed by atoms with Gasteiger partial charge >= 0.3 is 0 Å². The first kappa shape index (κ1) is 13.5. The van der Waals surface area contributed by atoms with Crippen molar-refractivity contribution in [1.29, 1.82) is 0 Å². The second kappa shape index (κ2) is 5.89. The van der Waals surface area contributed by atoms with Gasteiger partial charge in [-0.3, -0.25) is 4.98 Å². The highest BCUT2D eigenvalue weighted by Crippen LogP contribution is 2.20. The number of halogens is 1. The number of hydrogen-bond acceptors (Lipinski definition) is 3. The molecule has 1 aromatic heterocycles. The van der Waals surface area contributed by atoms with Gasteiger partial charge in [-0.2, -0.15) is 0 Å². The van der Waals surface area contributed by atoms with Gasteiger partial charge in [0.05, 0.1) is 11.6 Å². The Balaban J connectivity index is 1.69. The van der Waals surface area contributed by atoms with E-state index in [1.165, 1.54) is 12.1 Å². The van der Waals surface area contributed by atoms with Gasteiger partial charge in [0.2, 0.25) is 0 Å². The summed E-state index contributed by atoms with van der Waals surface area (Å²) in [5.74, 6) is 0.450. The normalized spacial score (nSPS) is 12.3. The summed E-state index contributed by atoms with van der Waals surface area (Å²) in [5.41, 5.74) is 7.77. The van der Waals surface area contributed by atoms with E-state index < -0.39 is 0 Å². The molecule has 0 fully saturated rings. The first-order chi connectivity index (χ1) is 10.2. The lowest BCUT2D eigenvalue weighted by Crippen LogP contribution is -2.18. The van der Waals surface area contributed by atoms with Crippen LogP contribution in [0.2, 0.25) is 0 Å². The highest BCUT2D eigenvalue weighted by molar-refractivity contribution is 5.79. The van der Waals surface area contributed by atoms with Gasteiger partial charge in [0.1, 0.15) is 18.2 Å². The monoisotopic (exact) mass is 282 g/mol. The topological polar surface area (TPSA) is 48.1 Å². The van der Waals surface area contributed by atoms with Gasteiger partial charge in [-0.15, -0.1) is 0 Å². The minimum Gasteiger partial charge on any atom is -0.492 e. The molecule has 21 heavy (non-hydrogen) atoms. The Hall–Kier alpha value is -2.46. The van der Waals surface area contributed by atoms with Gasteiger partial charge in [-0.1, -0.05) is 18.2 Å². The number of hydrogen-bond donors (Lipinski definition) is 1. The molecule has 3 rings (SSSR count). The standard InChI is InChI=1S/C17H15FN2O/c18-14-6-3-12(4-7-14)16(19)11-21-15-8-5-13-2-1-9-20-17(13)10-15/h1-10,16H,11,19H2. The van der Waals surface area contributed by atoms with E-state index in [1.54, 1.807) is 18.3 Å². The Labute approximate surface area is 122 Å². The minimum atomic E-state index is -0.301. The summed E-state index contributed by atoms with van der Waals surface area (Å²) in [6, 6.07) is 15.5. The van der Waals surface area contributed by atoms with Gasteiger partial charge in [0.25, 0.3) is 0 Å². The van der Waals surface area contributed by atoms with Crippen molar-refractivity contribution >= 4 is 10.9 Å². The number of fused-ring (bicyclic) bond motifs is 1. The van der Waals surface area contributed by atoms with E-state index in [1.807, 2.05) is 30.3 Å². The molecule has 0 spiro atoms. The molecule has 0 aliphatic carbocycles. The van der Waals surface area contributed by atoms with Crippen LogP contribution in [-0.4, -0.2) is 11.6 Å². The quantitative estimate of drug-likeness (QED) is 0.797. The van der Waals surface area contributed by atoms with Crippen molar-refractivity contribution in [3.05, 3.63) is 72.2 Å². The fourth-order valence-corrected chi connectivity index (χ4v) is 2.13. The van der Waals surface area contributed by atoms with Crippen LogP contribution in [0.5, 0.6) is 5.75 Å². The van der Waals surface area contributed by atoms with E-state index in [4.69, 9.17) is 10.5 Å². The Morgan fingerprint density at radius 2 is 1.90 bits per heavy atom. The zero-order valence-electron chi connectivity index (χ0n) is 11.4. The molecule has 4 heteroatoms. The Morgan fingerprint density at radius 3 is 2.71 bits per heavy atom. The Bertz CT molecular complexity index is 743. The third kappa shape index (κ3) is 3.17. The fraction of sp³-hybridized carbons (Fsp3) is 0.118. The summed E-state index contributed by atoms with van der Waals surface area (Å²) in [5, 5.41) is 1.06. The lowest BCUT2D eigenvalue weighted by atomic mass is 10.1. The van der Waals surface area contributed by atoms with Crippen LogP contribution in [0, 0.1) is 5.82 Å². The second-order valence-corrected chi connectivity index (χ2v) is 4.83. The van der Waals surface area contributed by atoms with Crippen LogP contribution in [0.15, 0.2) is 60.8 Å². The van der Waals surface area contributed by atoms with Crippen molar-refractivity contribution in [2.24, 2.45) is 5.73 Å². The first-order valence-corrected chi connectivity index (χ1v) is 6.71. The molecule has 1 unspecified atom stereocenters. The van der Waals surface area contributed by atoms with Crippen molar-refractivity contribution in [3.63, 3.8) is 0 Å². The third-order valence-electron chi connectivity index (χ3n) is 3.31. The molecule has 2 aromatic carbocycles. The summed E-state index contributed by atoms with van der Waals surface area (Å²) in [6.07, 6.45) is 1.75. The van der Waals surface area contributed by atoms with Crippen molar-refractivity contribution in [2.45, 2.75) is 6.04 Å². The summed E-state index contributed by atoms with van der Waals surface area (Å²) < 4.78 is 18.6. The van der Waals surface area contributed by atoms with E-state index in [0.717, 1.165) is 22.2 Å². The predicted octanol–water partition coefficient (Wildman–Crippen LogP) is 3.45. The first-order valence-electron chi connectivity index (χ1n) is 6.71.